The van der Waals surface area contributed by atoms with Gasteiger partial charge in [-0.2, -0.15) is 0 Å². The molecule has 2 aromatic rings. The highest BCUT2D eigenvalue weighted by Crippen LogP contribution is 2.55. The van der Waals surface area contributed by atoms with Crippen LogP contribution in [0.5, 0.6) is 0 Å². The quantitative estimate of drug-likeness (QED) is 0.692. The van der Waals surface area contributed by atoms with Gasteiger partial charge in [0.2, 0.25) is 0 Å². The van der Waals surface area contributed by atoms with Crippen molar-refractivity contribution in [3.05, 3.63) is 41.0 Å². The normalized spacial score (nSPS) is 33.7. The summed E-state index contributed by atoms with van der Waals surface area (Å²) in [5.74, 6) is 2.87. The highest BCUT2D eigenvalue weighted by molar-refractivity contribution is 6.31. The van der Waals surface area contributed by atoms with E-state index < -0.39 is 0 Å². The van der Waals surface area contributed by atoms with E-state index in [2.05, 4.69) is 29.9 Å². The summed E-state index contributed by atoms with van der Waals surface area (Å²) in [5.41, 5.74) is 9.89. The lowest BCUT2D eigenvalue weighted by Crippen LogP contribution is -2.62. The number of fused-ring (bicyclic) bond motifs is 1. The number of nitrogens with zero attached hydrogens (tertiary/aromatic N) is 1. The Bertz CT molecular complexity index is 783. The predicted molar refractivity (Wildman–Crippen MR) is 107 cm³/mol. The van der Waals surface area contributed by atoms with Crippen LogP contribution in [0, 0.1) is 17.8 Å². The van der Waals surface area contributed by atoms with E-state index in [9.17, 15) is 0 Å². The summed E-state index contributed by atoms with van der Waals surface area (Å²) in [6, 6.07) is 10.5. The average molecular weight is 370 g/mol. The third kappa shape index (κ3) is 3.04. The number of rotatable bonds is 5. The van der Waals surface area contributed by atoms with Gasteiger partial charge in [-0.15, -0.1) is 0 Å². The molecule has 4 aliphatic rings. The Kier molecular flexibility index (Phi) is 4.22. The topological polar surface area (TPSA) is 37.0 Å². The SMILES string of the molecule is CCC(NNC12CC3CC(CC(C3)C1)C2)c1ccc2ccc(Cl)cc2n1. The molecule has 4 fully saturated rings. The molecular formula is C22H28ClN3. The lowest BCUT2D eigenvalue weighted by Gasteiger charge is -2.57. The molecule has 4 aliphatic carbocycles. The molecule has 1 aromatic carbocycles. The molecule has 4 saturated carbocycles. The maximum absolute atomic E-state index is 6.15. The highest BCUT2D eigenvalue weighted by Gasteiger charge is 2.50. The third-order valence-corrected chi connectivity index (χ3v) is 7.23. The second-order valence-electron chi connectivity index (χ2n) is 9.00. The molecule has 2 N–H and O–H groups in total. The van der Waals surface area contributed by atoms with E-state index in [-0.39, 0.29) is 6.04 Å². The van der Waals surface area contributed by atoms with Gasteiger partial charge < -0.3 is 0 Å². The molecule has 0 saturated heterocycles. The predicted octanol–water partition coefficient (Wildman–Crippen LogP) is 5.40. The molecule has 1 aromatic heterocycles. The van der Waals surface area contributed by atoms with Crippen LogP contribution in [-0.4, -0.2) is 10.5 Å². The van der Waals surface area contributed by atoms with Crippen LogP contribution in [0.3, 0.4) is 0 Å². The Morgan fingerprint density at radius 2 is 1.73 bits per heavy atom. The molecule has 26 heavy (non-hydrogen) atoms. The lowest BCUT2D eigenvalue weighted by atomic mass is 9.53. The standard InChI is InChI=1S/C22H28ClN3/c1-2-19(20-6-4-17-3-5-18(23)10-21(17)24-20)25-26-22-11-14-7-15(12-22)9-16(8-14)13-22/h3-6,10,14-16,19,25-26H,2,7-9,11-13H2,1H3. The minimum absolute atomic E-state index is 0.228. The van der Waals surface area contributed by atoms with Gasteiger partial charge in [0.15, 0.2) is 0 Å². The minimum Gasteiger partial charge on any atom is -0.251 e. The fourth-order valence-corrected chi connectivity index (χ4v) is 6.36. The highest BCUT2D eigenvalue weighted by atomic mass is 35.5. The van der Waals surface area contributed by atoms with E-state index in [1.54, 1.807) is 0 Å². The van der Waals surface area contributed by atoms with Crippen LogP contribution in [0.25, 0.3) is 10.9 Å². The van der Waals surface area contributed by atoms with Crippen molar-refractivity contribution >= 4 is 22.5 Å². The lowest BCUT2D eigenvalue weighted by molar-refractivity contribution is -0.0292. The van der Waals surface area contributed by atoms with Crippen LogP contribution in [0.2, 0.25) is 5.02 Å². The summed E-state index contributed by atoms with van der Waals surface area (Å²) in [7, 11) is 0. The minimum atomic E-state index is 0.228. The molecule has 0 spiro atoms. The van der Waals surface area contributed by atoms with Gasteiger partial charge in [-0.05, 0) is 80.9 Å². The summed E-state index contributed by atoms with van der Waals surface area (Å²) in [4.78, 5) is 4.89. The van der Waals surface area contributed by atoms with E-state index in [0.717, 1.165) is 45.8 Å². The molecule has 1 atom stereocenters. The molecule has 0 amide bonds. The molecule has 1 unspecified atom stereocenters. The molecule has 1 heterocycles. The van der Waals surface area contributed by atoms with Gasteiger partial charge >= 0.3 is 0 Å². The first kappa shape index (κ1) is 17.0. The number of benzene rings is 1. The molecule has 4 heteroatoms. The van der Waals surface area contributed by atoms with Crippen molar-refractivity contribution < 1.29 is 0 Å². The summed E-state index contributed by atoms with van der Waals surface area (Å²) in [5, 5.41) is 1.89. The van der Waals surface area contributed by atoms with Crippen LogP contribution in [0.1, 0.15) is 63.6 Å². The van der Waals surface area contributed by atoms with Crippen molar-refractivity contribution in [2.24, 2.45) is 17.8 Å². The molecule has 0 radical (unpaired) electrons. The number of hydrogen-bond acceptors (Lipinski definition) is 3. The van der Waals surface area contributed by atoms with E-state index in [1.807, 2.05) is 18.2 Å². The molecule has 4 bridgehead atoms. The van der Waals surface area contributed by atoms with E-state index >= 15 is 0 Å². The summed E-state index contributed by atoms with van der Waals surface area (Å²) in [6.07, 6.45) is 9.50. The first-order valence-corrected chi connectivity index (χ1v) is 10.6. The van der Waals surface area contributed by atoms with Crippen molar-refractivity contribution in [1.29, 1.82) is 0 Å². The van der Waals surface area contributed by atoms with Gasteiger partial charge in [-0.3, -0.25) is 10.4 Å². The van der Waals surface area contributed by atoms with Gasteiger partial charge in [0.1, 0.15) is 0 Å². The summed E-state index contributed by atoms with van der Waals surface area (Å²) < 4.78 is 0. The number of aromatic nitrogens is 1. The molecule has 138 valence electrons. The van der Waals surface area contributed by atoms with Gasteiger partial charge in [0.25, 0.3) is 0 Å². The van der Waals surface area contributed by atoms with Crippen LogP contribution < -0.4 is 10.9 Å². The van der Waals surface area contributed by atoms with Gasteiger partial charge in [-0.1, -0.05) is 30.7 Å². The van der Waals surface area contributed by atoms with E-state index in [4.69, 9.17) is 16.6 Å². The maximum atomic E-state index is 6.15. The second kappa shape index (κ2) is 6.47. The molecule has 0 aliphatic heterocycles. The zero-order chi connectivity index (χ0) is 17.7. The summed E-state index contributed by atoms with van der Waals surface area (Å²) >= 11 is 6.15. The fourth-order valence-electron chi connectivity index (χ4n) is 6.19. The fraction of sp³-hybridized carbons (Fsp3) is 0.591. The molecule has 3 nitrogen and oxygen atoms in total. The Morgan fingerprint density at radius 1 is 1.08 bits per heavy atom. The largest absolute Gasteiger partial charge is 0.251 e. The van der Waals surface area contributed by atoms with Gasteiger partial charge in [0, 0.05) is 15.9 Å². The van der Waals surface area contributed by atoms with Gasteiger partial charge in [-0.25, -0.2) is 5.43 Å². The number of pyridine rings is 1. The number of halogens is 1. The van der Waals surface area contributed by atoms with Crippen molar-refractivity contribution in [1.82, 2.24) is 15.8 Å². The second-order valence-corrected chi connectivity index (χ2v) is 9.44. The Labute approximate surface area is 160 Å². The zero-order valence-electron chi connectivity index (χ0n) is 15.5. The Hall–Kier alpha value is -1.16. The van der Waals surface area contributed by atoms with Crippen LogP contribution >= 0.6 is 11.6 Å². The Balaban J connectivity index is 1.34. The van der Waals surface area contributed by atoms with Crippen molar-refractivity contribution in [2.45, 2.75) is 63.5 Å². The first-order valence-electron chi connectivity index (χ1n) is 10.2. The monoisotopic (exact) mass is 369 g/mol. The maximum Gasteiger partial charge on any atom is 0.0720 e. The summed E-state index contributed by atoms with van der Waals surface area (Å²) in [6.45, 7) is 2.23. The van der Waals surface area contributed by atoms with Crippen LogP contribution in [0.4, 0.5) is 0 Å². The smallest absolute Gasteiger partial charge is 0.0720 e. The number of nitrogens with one attached hydrogen (secondary N) is 2. The zero-order valence-corrected chi connectivity index (χ0v) is 16.2. The van der Waals surface area contributed by atoms with E-state index in [0.29, 0.717) is 5.54 Å². The van der Waals surface area contributed by atoms with Crippen molar-refractivity contribution in [3.8, 4) is 0 Å². The Morgan fingerprint density at radius 3 is 2.38 bits per heavy atom. The average Bonchev–Trinajstić information content (AvgIpc) is 2.60. The van der Waals surface area contributed by atoms with E-state index in [1.165, 1.54) is 38.5 Å². The van der Waals surface area contributed by atoms with Crippen molar-refractivity contribution in [3.63, 3.8) is 0 Å². The molecule has 6 rings (SSSR count). The van der Waals surface area contributed by atoms with Crippen LogP contribution in [0.15, 0.2) is 30.3 Å². The van der Waals surface area contributed by atoms with Gasteiger partial charge in [0.05, 0.1) is 17.3 Å². The number of hydrazine groups is 1. The number of hydrogen-bond donors (Lipinski definition) is 2. The van der Waals surface area contributed by atoms with Crippen LogP contribution in [-0.2, 0) is 0 Å². The van der Waals surface area contributed by atoms with Crippen molar-refractivity contribution in [2.75, 3.05) is 0 Å². The first-order chi connectivity index (χ1) is 12.6. The molecular weight excluding hydrogens is 342 g/mol. The third-order valence-electron chi connectivity index (χ3n) is 6.99.